The third-order valence-corrected chi connectivity index (χ3v) is 4.20. The van der Waals surface area contributed by atoms with Gasteiger partial charge in [-0.1, -0.05) is 26.0 Å². The molecule has 0 unspecified atom stereocenters. The predicted octanol–water partition coefficient (Wildman–Crippen LogP) is 4.12. The van der Waals surface area contributed by atoms with E-state index in [1.807, 2.05) is 17.5 Å². The van der Waals surface area contributed by atoms with Crippen LogP contribution >= 0.6 is 11.3 Å². The van der Waals surface area contributed by atoms with E-state index in [9.17, 15) is 5.11 Å². The number of benzene rings is 1. The Kier molecular flexibility index (Phi) is 5.01. The lowest BCUT2D eigenvalue weighted by atomic mass is 10.0. The van der Waals surface area contributed by atoms with Crippen LogP contribution in [0.2, 0.25) is 0 Å². The first-order chi connectivity index (χ1) is 9.86. The van der Waals surface area contributed by atoms with Gasteiger partial charge in [-0.25, -0.2) is 4.98 Å². The fraction of sp³-hybridized carbons (Fsp3) is 0.471. The zero-order valence-corrected chi connectivity index (χ0v) is 13.9. The second kappa shape index (κ2) is 6.58. The summed E-state index contributed by atoms with van der Waals surface area (Å²) >= 11 is 1.57. The number of ether oxygens (including phenoxy) is 1. The lowest BCUT2D eigenvalue weighted by molar-refractivity contribution is 0.0743. The Balaban J connectivity index is 1.90. The normalized spacial score (nSPS) is 11.9. The fourth-order valence-electron chi connectivity index (χ4n) is 1.93. The van der Waals surface area contributed by atoms with Gasteiger partial charge in [-0.3, -0.25) is 0 Å². The molecule has 1 aromatic heterocycles. The highest BCUT2D eigenvalue weighted by atomic mass is 32.1. The summed E-state index contributed by atoms with van der Waals surface area (Å²) in [5, 5.41) is 12.8. The van der Waals surface area contributed by atoms with E-state index < -0.39 is 5.60 Å². The van der Waals surface area contributed by atoms with Crippen molar-refractivity contribution in [2.45, 2.75) is 45.6 Å². The fourth-order valence-corrected chi connectivity index (χ4v) is 2.87. The Morgan fingerprint density at radius 1 is 1.33 bits per heavy atom. The topological polar surface area (TPSA) is 42.4 Å². The maximum Gasteiger partial charge on any atom is 0.119 e. The molecule has 0 aliphatic rings. The minimum atomic E-state index is -0.874. The molecule has 0 aliphatic heterocycles. The van der Waals surface area contributed by atoms with E-state index in [2.05, 4.69) is 31.0 Å². The number of thiazole rings is 1. The molecule has 2 rings (SSSR count). The van der Waals surface area contributed by atoms with Crippen molar-refractivity contribution in [3.8, 4) is 5.75 Å². The van der Waals surface area contributed by atoms with Crippen molar-refractivity contribution in [1.29, 1.82) is 0 Å². The minimum absolute atomic E-state index is 0.502. The van der Waals surface area contributed by atoms with Crippen LogP contribution in [0.5, 0.6) is 5.75 Å². The monoisotopic (exact) mass is 305 g/mol. The maximum atomic E-state index is 9.90. The zero-order valence-electron chi connectivity index (χ0n) is 13.1. The van der Waals surface area contributed by atoms with Crippen LogP contribution in [0.4, 0.5) is 0 Å². The van der Waals surface area contributed by atoms with Crippen LogP contribution in [0.15, 0.2) is 29.6 Å². The van der Waals surface area contributed by atoms with Crippen LogP contribution in [0.25, 0.3) is 0 Å². The largest absolute Gasteiger partial charge is 0.493 e. The van der Waals surface area contributed by atoms with Gasteiger partial charge in [-0.2, -0.15) is 0 Å². The minimum Gasteiger partial charge on any atom is -0.493 e. The molecule has 1 aromatic carbocycles. The summed E-state index contributed by atoms with van der Waals surface area (Å²) < 4.78 is 5.80. The molecule has 21 heavy (non-hydrogen) atoms. The van der Waals surface area contributed by atoms with Gasteiger partial charge in [0, 0.05) is 11.8 Å². The van der Waals surface area contributed by atoms with Crippen LogP contribution in [0.1, 0.15) is 49.9 Å². The molecule has 0 atom stereocenters. The number of aliphatic hydroxyl groups is 1. The molecule has 0 saturated heterocycles. The van der Waals surface area contributed by atoms with Crippen molar-refractivity contribution in [3.63, 3.8) is 0 Å². The lowest BCUT2D eigenvalue weighted by Crippen LogP contribution is -2.16. The Morgan fingerprint density at radius 2 is 2.10 bits per heavy atom. The van der Waals surface area contributed by atoms with Gasteiger partial charge in [0.15, 0.2) is 0 Å². The average Bonchev–Trinajstić information content (AvgIpc) is 2.88. The van der Waals surface area contributed by atoms with Crippen molar-refractivity contribution >= 4 is 11.3 Å². The molecule has 2 aromatic rings. The smallest absolute Gasteiger partial charge is 0.119 e. The van der Waals surface area contributed by atoms with Crippen LogP contribution in [0.3, 0.4) is 0 Å². The molecule has 0 radical (unpaired) electrons. The Hall–Kier alpha value is -1.39. The first kappa shape index (κ1) is 16.0. The highest BCUT2D eigenvalue weighted by Gasteiger charge is 2.19. The van der Waals surface area contributed by atoms with Crippen LogP contribution in [0, 0.1) is 0 Å². The first-order valence-electron chi connectivity index (χ1n) is 7.26. The van der Waals surface area contributed by atoms with Gasteiger partial charge in [0.05, 0.1) is 17.3 Å². The number of hydrogen-bond acceptors (Lipinski definition) is 4. The number of nitrogens with zero attached hydrogens (tertiary/aromatic N) is 1. The SMILES string of the molecule is CC(C)c1cccc(OCCc2nc(C(C)(C)O)cs2)c1. The molecule has 1 heterocycles. The van der Waals surface area contributed by atoms with Crippen molar-refractivity contribution in [1.82, 2.24) is 4.98 Å². The standard InChI is InChI=1S/C17H23NO2S/c1-12(2)13-6-5-7-14(10-13)20-9-8-16-18-15(11-21-16)17(3,4)19/h5-7,10-12,19H,8-9H2,1-4H3. The summed E-state index contributed by atoms with van der Waals surface area (Å²) in [4.78, 5) is 4.45. The molecule has 4 heteroatoms. The molecule has 0 bridgehead atoms. The first-order valence-corrected chi connectivity index (χ1v) is 8.14. The lowest BCUT2D eigenvalue weighted by Gasteiger charge is -2.13. The predicted molar refractivity (Wildman–Crippen MR) is 87.1 cm³/mol. The molecule has 0 saturated carbocycles. The van der Waals surface area contributed by atoms with E-state index in [4.69, 9.17) is 4.74 Å². The van der Waals surface area contributed by atoms with E-state index in [1.54, 1.807) is 25.2 Å². The molecule has 0 amide bonds. The van der Waals surface area contributed by atoms with Crippen molar-refractivity contribution in [2.75, 3.05) is 6.61 Å². The number of hydrogen-bond donors (Lipinski definition) is 1. The third kappa shape index (κ3) is 4.55. The average molecular weight is 305 g/mol. The second-order valence-electron chi connectivity index (χ2n) is 6.01. The van der Waals surface area contributed by atoms with E-state index in [0.717, 1.165) is 22.9 Å². The Labute approximate surface area is 130 Å². The zero-order chi connectivity index (χ0) is 15.5. The summed E-state index contributed by atoms with van der Waals surface area (Å²) in [7, 11) is 0. The van der Waals surface area contributed by atoms with E-state index >= 15 is 0 Å². The highest BCUT2D eigenvalue weighted by Crippen LogP contribution is 2.23. The third-order valence-electron chi connectivity index (χ3n) is 3.29. The molecular weight excluding hydrogens is 282 g/mol. The van der Waals surface area contributed by atoms with Gasteiger partial charge < -0.3 is 9.84 Å². The quantitative estimate of drug-likeness (QED) is 0.873. The van der Waals surface area contributed by atoms with Gasteiger partial charge in [-0.05, 0) is 37.5 Å². The summed E-state index contributed by atoms with van der Waals surface area (Å²) in [5.41, 5.74) is 1.14. The van der Waals surface area contributed by atoms with Crippen molar-refractivity contribution < 1.29 is 9.84 Å². The maximum absolute atomic E-state index is 9.90. The van der Waals surface area contributed by atoms with E-state index in [0.29, 0.717) is 12.5 Å². The molecule has 1 N–H and O–H groups in total. The van der Waals surface area contributed by atoms with Gasteiger partial charge >= 0.3 is 0 Å². The van der Waals surface area contributed by atoms with E-state index in [1.165, 1.54) is 5.56 Å². The van der Waals surface area contributed by atoms with Crippen LogP contribution in [-0.4, -0.2) is 16.7 Å². The van der Waals surface area contributed by atoms with Crippen LogP contribution < -0.4 is 4.74 Å². The molecule has 0 spiro atoms. The van der Waals surface area contributed by atoms with Gasteiger partial charge in [0.25, 0.3) is 0 Å². The summed E-state index contributed by atoms with van der Waals surface area (Å²) in [6.07, 6.45) is 0.757. The van der Waals surface area contributed by atoms with Gasteiger partial charge in [-0.15, -0.1) is 11.3 Å². The number of aromatic nitrogens is 1. The summed E-state index contributed by atoms with van der Waals surface area (Å²) in [6.45, 7) is 8.44. The Morgan fingerprint density at radius 3 is 2.71 bits per heavy atom. The molecule has 0 aliphatic carbocycles. The molecular formula is C17H23NO2S. The van der Waals surface area contributed by atoms with E-state index in [-0.39, 0.29) is 0 Å². The molecule has 3 nitrogen and oxygen atoms in total. The van der Waals surface area contributed by atoms with Crippen molar-refractivity contribution in [2.24, 2.45) is 0 Å². The van der Waals surface area contributed by atoms with Crippen LogP contribution in [-0.2, 0) is 12.0 Å². The van der Waals surface area contributed by atoms with Gasteiger partial charge in [0.2, 0.25) is 0 Å². The molecule has 0 fully saturated rings. The molecule has 114 valence electrons. The second-order valence-corrected chi connectivity index (χ2v) is 6.95. The Bertz CT molecular complexity index is 584. The summed E-state index contributed by atoms with van der Waals surface area (Å²) in [6, 6.07) is 8.22. The highest BCUT2D eigenvalue weighted by molar-refractivity contribution is 7.09. The van der Waals surface area contributed by atoms with Gasteiger partial charge in [0.1, 0.15) is 11.4 Å². The van der Waals surface area contributed by atoms with Crippen molar-refractivity contribution in [3.05, 3.63) is 45.9 Å². The number of rotatable bonds is 6. The summed E-state index contributed by atoms with van der Waals surface area (Å²) in [5.74, 6) is 1.40.